The van der Waals surface area contributed by atoms with E-state index in [0.29, 0.717) is 12.2 Å². The number of carbonyl (C=O) groups is 1. The SMILES string of the molecule is CC(=O)Cc1ccc2nc(SCc3ncccc3OC(C)C)[nH]c2c1. The zero-order valence-corrected chi connectivity index (χ0v) is 15.4. The molecule has 2 heterocycles. The second kappa shape index (κ2) is 7.70. The number of nitrogens with one attached hydrogen (secondary N) is 1. The zero-order valence-electron chi connectivity index (χ0n) is 14.6. The molecule has 0 amide bonds. The van der Waals surface area contributed by atoms with Crippen molar-refractivity contribution in [2.75, 3.05) is 0 Å². The molecular formula is C19H21N3O2S. The van der Waals surface area contributed by atoms with Crippen molar-refractivity contribution in [3.8, 4) is 5.75 Å². The second-order valence-electron chi connectivity index (χ2n) is 6.18. The second-order valence-corrected chi connectivity index (χ2v) is 7.14. The number of rotatable bonds is 7. The smallest absolute Gasteiger partial charge is 0.166 e. The fourth-order valence-electron chi connectivity index (χ4n) is 2.53. The van der Waals surface area contributed by atoms with Gasteiger partial charge in [-0.25, -0.2) is 4.98 Å². The maximum atomic E-state index is 11.3. The lowest BCUT2D eigenvalue weighted by atomic mass is 10.1. The van der Waals surface area contributed by atoms with Crippen LogP contribution in [-0.4, -0.2) is 26.8 Å². The average molecular weight is 355 g/mol. The van der Waals surface area contributed by atoms with E-state index in [0.717, 1.165) is 33.2 Å². The fraction of sp³-hybridized carbons (Fsp3) is 0.316. The summed E-state index contributed by atoms with van der Waals surface area (Å²) >= 11 is 1.58. The van der Waals surface area contributed by atoms with Crippen molar-refractivity contribution in [2.45, 2.75) is 44.2 Å². The molecule has 0 aliphatic rings. The minimum Gasteiger partial charge on any atom is -0.489 e. The van der Waals surface area contributed by atoms with Crippen LogP contribution in [0.25, 0.3) is 11.0 Å². The number of aromatic nitrogens is 3. The van der Waals surface area contributed by atoms with Crippen molar-refractivity contribution >= 4 is 28.6 Å². The third-order valence-corrected chi connectivity index (χ3v) is 4.42. The van der Waals surface area contributed by atoms with Crippen LogP contribution in [0, 0.1) is 0 Å². The first-order chi connectivity index (χ1) is 12.0. The summed E-state index contributed by atoms with van der Waals surface area (Å²) < 4.78 is 5.81. The molecule has 0 atom stereocenters. The van der Waals surface area contributed by atoms with Crippen LogP contribution in [0.15, 0.2) is 41.7 Å². The summed E-state index contributed by atoms with van der Waals surface area (Å²) in [5.74, 6) is 1.63. The van der Waals surface area contributed by atoms with Crippen molar-refractivity contribution in [3.05, 3.63) is 47.8 Å². The molecule has 25 heavy (non-hydrogen) atoms. The number of hydrogen-bond acceptors (Lipinski definition) is 5. The summed E-state index contributed by atoms with van der Waals surface area (Å²) in [5, 5.41) is 0.830. The van der Waals surface area contributed by atoms with Crippen LogP contribution in [-0.2, 0) is 17.0 Å². The molecule has 0 saturated heterocycles. The molecule has 3 rings (SSSR count). The summed E-state index contributed by atoms with van der Waals surface area (Å²) in [6.45, 7) is 5.60. The summed E-state index contributed by atoms with van der Waals surface area (Å²) in [6, 6.07) is 9.70. The molecule has 0 fully saturated rings. The zero-order chi connectivity index (χ0) is 17.8. The molecule has 5 nitrogen and oxygen atoms in total. The number of H-pyrrole nitrogens is 1. The Hall–Kier alpha value is -2.34. The monoisotopic (exact) mass is 355 g/mol. The van der Waals surface area contributed by atoms with Gasteiger partial charge in [0.15, 0.2) is 5.16 Å². The number of Topliss-reactive ketones (excluding diaryl/α,β-unsaturated/α-hetero) is 1. The number of thioether (sulfide) groups is 1. The Morgan fingerprint density at radius 2 is 2.16 bits per heavy atom. The molecule has 0 bridgehead atoms. The fourth-order valence-corrected chi connectivity index (χ4v) is 3.36. The Labute approximate surface area is 151 Å². The molecule has 130 valence electrons. The standard InChI is InChI=1S/C19H21N3O2S/c1-12(2)24-18-5-4-8-20-17(18)11-25-19-21-15-7-6-14(9-13(3)23)10-16(15)22-19/h4-8,10,12H,9,11H2,1-3H3,(H,21,22). The molecule has 1 N–H and O–H groups in total. The van der Waals surface area contributed by atoms with Gasteiger partial charge in [-0.05, 0) is 50.6 Å². The average Bonchev–Trinajstić information content (AvgIpc) is 2.95. The minimum absolute atomic E-state index is 0.110. The molecule has 0 aliphatic carbocycles. The number of imidazole rings is 1. The van der Waals surface area contributed by atoms with Crippen LogP contribution in [0.5, 0.6) is 5.75 Å². The number of nitrogens with zero attached hydrogens (tertiary/aromatic N) is 2. The Balaban J connectivity index is 1.74. The van der Waals surface area contributed by atoms with E-state index in [9.17, 15) is 4.79 Å². The van der Waals surface area contributed by atoms with Crippen molar-refractivity contribution < 1.29 is 9.53 Å². The van der Waals surface area contributed by atoms with Gasteiger partial charge in [-0.15, -0.1) is 0 Å². The molecule has 0 saturated carbocycles. The van der Waals surface area contributed by atoms with E-state index in [1.54, 1.807) is 24.9 Å². The Morgan fingerprint density at radius 3 is 2.92 bits per heavy atom. The first kappa shape index (κ1) is 17.5. The highest BCUT2D eigenvalue weighted by atomic mass is 32.2. The van der Waals surface area contributed by atoms with E-state index in [1.807, 2.05) is 44.2 Å². The summed E-state index contributed by atoms with van der Waals surface area (Å²) in [7, 11) is 0. The van der Waals surface area contributed by atoms with Gasteiger partial charge in [-0.1, -0.05) is 17.8 Å². The van der Waals surface area contributed by atoms with Gasteiger partial charge in [0.2, 0.25) is 0 Å². The predicted octanol–water partition coefficient (Wildman–Crippen LogP) is 4.17. The predicted molar refractivity (Wildman–Crippen MR) is 100 cm³/mol. The molecule has 0 spiro atoms. The lowest BCUT2D eigenvalue weighted by molar-refractivity contribution is -0.116. The minimum atomic E-state index is 0.110. The summed E-state index contributed by atoms with van der Waals surface area (Å²) in [5.41, 5.74) is 3.74. The van der Waals surface area contributed by atoms with Gasteiger partial charge in [-0.3, -0.25) is 9.78 Å². The van der Waals surface area contributed by atoms with Gasteiger partial charge < -0.3 is 9.72 Å². The van der Waals surface area contributed by atoms with Crippen molar-refractivity contribution in [1.82, 2.24) is 15.0 Å². The number of ether oxygens (including phenoxy) is 1. The van der Waals surface area contributed by atoms with Crippen LogP contribution in [0.1, 0.15) is 32.0 Å². The van der Waals surface area contributed by atoms with Crippen LogP contribution in [0.3, 0.4) is 0 Å². The van der Waals surface area contributed by atoms with E-state index < -0.39 is 0 Å². The largest absolute Gasteiger partial charge is 0.489 e. The highest BCUT2D eigenvalue weighted by Crippen LogP contribution is 2.27. The molecular weight excluding hydrogens is 334 g/mol. The number of fused-ring (bicyclic) bond motifs is 1. The molecule has 0 radical (unpaired) electrons. The van der Waals surface area contributed by atoms with Crippen molar-refractivity contribution in [1.29, 1.82) is 0 Å². The quantitative estimate of drug-likeness (QED) is 0.644. The Kier molecular flexibility index (Phi) is 5.38. The first-order valence-electron chi connectivity index (χ1n) is 8.22. The highest BCUT2D eigenvalue weighted by Gasteiger charge is 2.10. The van der Waals surface area contributed by atoms with E-state index in [4.69, 9.17) is 4.74 Å². The molecule has 1 aromatic carbocycles. The number of aromatic amines is 1. The maximum Gasteiger partial charge on any atom is 0.166 e. The lowest BCUT2D eigenvalue weighted by Crippen LogP contribution is -2.07. The van der Waals surface area contributed by atoms with Gasteiger partial charge in [-0.2, -0.15) is 0 Å². The number of ketones is 1. The maximum absolute atomic E-state index is 11.3. The van der Waals surface area contributed by atoms with Gasteiger partial charge in [0.1, 0.15) is 11.5 Å². The van der Waals surface area contributed by atoms with Gasteiger partial charge >= 0.3 is 0 Å². The molecule has 2 aromatic heterocycles. The number of pyridine rings is 1. The molecule has 6 heteroatoms. The van der Waals surface area contributed by atoms with E-state index in [-0.39, 0.29) is 11.9 Å². The summed E-state index contributed by atoms with van der Waals surface area (Å²) in [4.78, 5) is 23.6. The topological polar surface area (TPSA) is 67.9 Å². The third-order valence-electron chi connectivity index (χ3n) is 3.53. The Bertz CT molecular complexity index is 889. The van der Waals surface area contributed by atoms with E-state index >= 15 is 0 Å². The molecule has 0 aliphatic heterocycles. The van der Waals surface area contributed by atoms with Crippen LogP contribution >= 0.6 is 11.8 Å². The summed E-state index contributed by atoms with van der Waals surface area (Å²) in [6.07, 6.45) is 2.33. The third kappa shape index (κ3) is 4.60. The van der Waals surface area contributed by atoms with Gasteiger partial charge in [0, 0.05) is 18.4 Å². The first-order valence-corrected chi connectivity index (χ1v) is 9.21. The van der Waals surface area contributed by atoms with E-state index in [1.165, 1.54) is 0 Å². The van der Waals surface area contributed by atoms with Crippen molar-refractivity contribution in [3.63, 3.8) is 0 Å². The van der Waals surface area contributed by atoms with Gasteiger partial charge in [0.25, 0.3) is 0 Å². The Morgan fingerprint density at radius 1 is 1.32 bits per heavy atom. The molecule has 0 unspecified atom stereocenters. The lowest BCUT2D eigenvalue weighted by Gasteiger charge is -2.12. The highest BCUT2D eigenvalue weighted by molar-refractivity contribution is 7.98. The van der Waals surface area contributed by atoms with Crippen LogP contribution in [0.4, 0.5) is 0 Å². The van der Waals surface area contributed by atoms with Crippen LogP contribution in [0.2, 0.25) is 0 Å². The molecule has 3 aromatic rings. The van der Waals surface area contributed by atoms with Crippen molar-refractivity contribution in [2.24, 2.45) is 0 Å². The number of carbonyl (C=O) groups excluding carboxylic acids is 1. The van der Waals surface area contributed by atoms with Gasteiger partial charge in [0.05, 0.1) is 22.8 Å². The number of hydrogen-bond donors (Lipinski definition) is 1. The van der Waals surface area contributed by atoms with E-state index in [2.05, 4.69) is 15.0 Å². The normalized spacial score (nSPS) is 11.2. The number of benzene rings is 1. The van der Waals surface area contributed by atoms with Crippen LogP contribution < -0.4 is 4.74 Å².